The third-order valence-corrected chi connectivity index (χ3v) is 3.81. The van der Waals surface area contributed by atoms with Gasteiger partial charge in [-0.15, -0.1) is 0 Å². The molecule has 0 aromatic carbocycles. The first-order valence-corrected chi connectivity index (χ1v) is 7.35. The van der Waals surface area contributed by atoms with Crippen molar-refractivity contribution in [2.45, 2.75) is 64.5 Å². The van der Waals surface area contributed by atoms with Crippen molar-refractivity contribution in [1.82, 2.24) is 16.0 Å². The summed E-state index contributed by atoms with van der Waals surface area (Å²) < 4.78 is 0. The van der Waals surface area contributed by atoms with E-state index in [2.05, 4.69) is 22.9 Å². The van der Waals surface area contributed by atoms with Gasteiger partial charge in [0.1, 0.15) is 0 Å². The topological polar surface area (TPSA) is 70.2 Å². The predicted molar refractivity (Wildman–Crippen MR) is 75.9 cm³/mol. The highest BCUT2D eigenvalue weighted by Crippen LogP contribution is 2.19. The van der Waals surface area contributed by atoms with E-state index in [1.807, 2.05) is 6.92 Å². The van der Waals surface area contributed by atoms with E-state index in [4.69, 9.17) is 0 Å². The second-order valence-corrected chi connectivity index (χ2v) is 5.47. The van der Waals surface area contributed by atoms with Gasteiger partial charge in [-0.25, -0.2) is 4.79 Å². The SMILES string of the molecule is CCCC(C)C(=O)NC1CCC(NC(=O)NC)CC1. The van der Waals surface area contributed by atoms with Gasteiger partial charge in [0.25, 0.3) is 0 Å². The first kappa shape index (κ1) is 15.8. The van der Waals surface area contributed by atoms with E-state index < -0.39 is 0 Å². The minimum Gasteiger partial charge on any atom is -0.353 e. The van der Waals surface area contributed by atoms with Gasteiger partial charge >= 0.3 is 6.03 Å². The van der Waals surface area contributed by atoms with Gasteiger partial charge in [-0.2, -0.15) is 0 Å². The van der Waals surface area contributed by atoms with Crippen LogP contribution in [0.2, 0.25) is 0 Å². The van der Waals surface area contributed by atoms with Crippen LogP contribution in [0.15, 0.2) is 0 Å². The monoisotopic (exact) mass is 269 g/mol. The Morgan fingerprint density at radius 1 is 1.11 bits per heavy atom. The summed E-state index contributed by atoms with van der Waals surface area (Å²) in [6, 6.07) is 0.389. The van der Waals surface area contributed by atoms with Crippen LogP contribution in [0.5, 0.6) is 0 Å². The van der Waals surface area contributed by atoms with Gasteiger partial charge in [-0.05, 0) is 32.1 Å². The fraction of sp³-hybridized carbons (Fsp3) is 0.857. The highest BCUT2D eigenvalue weighted by molar-refractivity contribution is 5.78. The first-order chi connectivity index (χ1) is 9.06. The molecule has 1 aliphatic carbocycles. The molecule has 19 heavy (non-hydrogen) atoms. The highest BCUT2D eigenvalue weighted by atomic mass is 16.2. The third kappa shape index (κ3) is 5.49. The molecule has 0 saturated heterocycles. The van der Waals surface area contributed by atoms with Gasteiger partial charge < -0.3 is 16.0 Å². The molecule has 0 spiro atoms. The second kappa shape index (κ2) is 8.02. The largest absolute Gasteiger partial charge is 0.353 e. The summed E-state index contributed by atoms with van der Waals surface area (Å²) >= 11 is 0. The van der Waals surface area contributed by atoms with Crippen LogP contribution in [0.4, 0.5) is 4.79 Å². The molecule has 0 aromatic rings. The minimum atomic E-state index is -0.121. The molecule has 0 radical (unpaired) electrons. The number of amides is 3. The summed E-state index contributed by atoms with van der Waals surface area (Å²) in [6.07, 6.45) is 5.73. The van der Waals surface area contributed by atoms with E-state index in [1.165, 1.54) is 0 Å². The summed E-state index contributed by atoms with van der Waals surface area (Å²) in [5.74, 6) is 0.274. The molecular formula is C14H27N3O2. The molecule has 3 N–H and O–H groups in total. The zero-order chi connectivity index (χ0) is 14.3. The van der Waals surface area contributed by atoms with E-state index in [0.29, 0.717) is 0 Å². The minimum absolute atomic E-state index is 0.103. The van der Waals surface area contributed by atoms with Crippen LogP contribution >= 0.6 is 0 Å². The zero-order valence-electron chi connectivity index (χ0n) is 12.3. The van der Waals surface area contributed by atoms with Gasteiger partial charge in [-0.1, -0.05) is 20.3 Å². The van der Waals surface area contributed by atoms with E-state index in [-0.39, 0.29) is 29.9 Å². The number of hydrogen-bond donors (Lipinski definition) is 3. The van der Waals surface area contributed by atoms with Crippen molar-refractivity contribution in [3.8, 4) is 0 Å². The summed E-state index contributed by atoms with van der Waals surface area (Å²) in [7, 11) is 1.62. The lowest BCUT2D eigenvalue weighted by molar-refractivity contribution is -0.125. The van der Waals surface area contributed by atoms with Crippen LogP contribution < -0.4 is 16.0 Å². The molecule has 0 bridgehead atoms. The maximum atomic E-state index is 11.9. The molecule has 3 amide bonds. The Morgan fingerprint density at radius 2 is 1.63 bits per heavy atom. The normalized spacial score (nSPS) is 24.4. The Hall–Kier alpha value is -1.26. The van der Waals surface area contributed by atoms with Crippen LogP contribution in [-0.2, 0) is 4.79 Å². The van der Waals surface area contributed by atoms with Gasteiger partial charge in [0.2, 0.25) is 5.91 Å². The molecule has 0 heterocycles. The number of carbonyl (C=O) groups is 2. The maximum Gasteiger partial charge on any atom is 0.314 e. The summed E-state index contributed by atoms with van der Waals surface area (Å²) in [5.41, 5.74) is 0. The summed E-state index contributed by atoms with van der Waals surface area (Å²) in [6.45, 7) is 4.08. The summed E-state index contributed by atoms with van der Waals surface area (Å²) in [4.78, 5) is 23.1. The van der Waals surface area contributed by atoms with Crippen molar-refractivity contribution in [3.63, 3.8) is 0 Å². The van der Waals surface area contributed by atoms with Crippen LogP contribution in [0, 0.1) is 5.92 Å². The molecular weight excluding hydrogens is 242 g/mol. The standard InChI is InChI=1S/C14H27N3O2/c1-4-5-10(2)13(18)16-11-6-8-12(9-7-11)17-14(19)15-3/h10-12H,4-9H2,1-3H3,(H,16,18)(H2,15,17,19). The predicted octanol–water partition coefficient (Wildman–Crippen LogP) is 1.78. The molecule has 5 nitrogen and oxygen atoms in total. The van der Waals surface area contributed by atoms with E-state index >= 15 is 0 Å². The second-order valence-electron chi connectivity index (χ2n) is 5.47. The molecule has 1 fully saturated rings. The Balaban J connectivity index is 2.26. The molecule has 1 unspecified atom stereocenters. The fourth-order valence-electron chi connectivity index (χ4n) is 2.55. The lowest BCUT2D eigenvalue weighted by Gasteiger charge is -2.30. The number of nitrogens with one attached hydrogen (secondary N) is 3. The van der Waals surface area contributed by atoms with Crippen LogP contribution in [-0.4, -0.2) is 31.1 Å². The number of urea groups is 1. The molecule has 1 aliphatic rings. The smallest absolute Gasteiger partial charge is 0.314 e. The van der Waals surface area contributed by atoms with E-state index in [0.717, 1.165) is 38.5 Å². The van der Waals surface area contributed by atoms with Crippen molar-refractivity contribution < 1.29 is 9.59 Å². The van der Waals surface area contributed by atoms with Gasteiger partial charge in [0.05, 0.1) is 0 Å². The third-order valence-electron chi connectivity index (χ3n) is 3.81. The molecule has 1 saturated carbocycles. The Kier molecular flexibility index (Phi) is 6.67. The molecule has 1 rings (SSSR count). The van der Waals surface area contributed by atoms with Crippen molar-refractivity contribution in [2.75, 3.05) is 7.05 Å². The van der Waals surface area contributed by atoms with Crippen molar-refractivity contribution in [2.24, 2.45) is 5.92 Å². The molecule has 5 heteroatoms. The maximum absolute atomic E-state index is 11.9. The van der Waals surface area contributed by atoms with Gasteiger partial charge in [-0.3, -0.25) is 4.79 Å². The average Bonchev–Trinajstić information content (AvgIpc) is 2.41. The van der Waals surface area contributed by atoms with Gasteiger partial charge in [0, 0.05) is 25.0 Å². The molecule has 1 atom stereocenters. The van der Waals surface area contributed by atoms with Crippen LogP contribution in [0.3, 0.4) is 0 Å². The molecule has 0 aromatic heterocycles. The average molecular weight is 269 g/mol. The van der Waals surface area contributed by atoms with Crippen molar-refractivity contribution in [1.29, 1.82) is 0 Å². The molecule has 110 valence electrons. The Labute approximate surface area is 115 Å². The van der Waals surface area contributed by atoms with Gasteiger partial charge in [0.15, 0.2) is 0 Å². The zero-order valence-corrected chi connectivity index (χ0v) is 12.3. The van der Waals surface area contributed by atoms with E-state index in [9.17, 15) is 9.59 Å². The first-order valence-electron chi connectivity index (χ1n) is 7.35. The quantitative estimate of drug-likeness (QED) is 0.712. The lowest BCUT2D eigenvalue weighted by atomic mass is 9.90. The van der Waals surface area contributed by atoms with Crippen LogP contribution in [0.1, 0.15) is 52.4 Å². The van der Waals surface area contributed by atoms with Crippen molar-refractivity contribution >= 4 is 11.9 Å². The van der Waals surface area contributed by atoms with Crippen LogP contribution in [0.25, 0.3) is 0 Å². The van der Waals surface area contributed by atoms with Crippen molar-refractivity contribution in [3.05, 3.63) is 0 Å². The fourth-order valence-corrected chi connectivity index (χ4v) is 2.55. The Bertz CT molecular complexity index is 299. The number of carbonyl (C=O) groups excluding carboxylic acids is 2. The number of hydrogen-bond acceptors (Lipinski definition) is 2. The molecule has 0 aliphatic heterocycles. The lowest BCUT2D eigenvalue weighted by Crippen LogP contribution is -2.46. The van der Waals surface area contributed by atoms with E-state index in [1.54, 1.807) is 7.05 Å². The highest BCUT2D eigenvalue weighted by Gasteiger charge is 2.24. The Morgan fingerprint density at radius 3 is 2.11 bits per heavy atom. The summed E-state index contributed by atoms with van der Waals surface area (Å²) in [5, 5.41) is 8.61. The number of rotatable bonds is 5.